The number of hydrogen-bond acceptors (Lipinski definition) is 5. The van der Waals surface area contributed by atoms with Gasteiger partial charge in [-0.3, -0.25) is 0 Å². The van der Waals surface area contributed by atoms with E-state index in [1.54, 1.807) is 0 Å². The van der Waals surface area contributed by atoms with E-state index in [-0.39, 0.29) is 28.7 Å². The van der Waals surface area contributed by atoms with Crippen molar-refractivity contribution in [1.29, 1.82) is 0 Å². The molecule has 30 heavy (non-hydrogen) atoms. The first-order chi connectivity index (χ1) is 14.1. The van der Waals surface area contributed by atoms with Crippen molar-refractivity contribution in [2.75, 3.05) is 52.4 Å². The van der Waals surface area contributed by atoms with Crippen LogP contribution < -0.4 is 15.4 Å². The highest BCUT2D eigenvalue weighted by atomic mass is 127. The van der Waals surface area contributed by atoms with E-state index in [2.05, 4.69) is 48.9 Å². The third-order valence-electron chi connectivity index (χ3n) is 5.08. The van der Waals surface area contributed by atoms with Crippen molar-refractivity contribution < 1.29 is 14.2 Å². The van der Waals surface area contributed by atoms with Gasteiger partial charge in [0.05, 0.1) is 13.2 Å². The zero-order chi connectivity index (χ0) is 21.0. The third-order valence-corrected chi connectivity index (χ3v) is 6.50. The Morgan fingerprint density at radius 3 is 2.63 bits per heavy atom. The molecule has 0 atom stereocenters. The van der Waals surface area contributed by atoms with Crippen LogP contribution in [-0.4, -0.2) is 63.1 Å². The molecule has 0 saturated carbocycles. The van der Waals surface area contributed by atoms with Gasteiger partial charge in [-0.25, -0.2) is 4.99 Å². The Kier molecular flexibility index (Phi) is 13.8. The molecule has 1 aromatic carbocycles. The highest BCUT2D eigenvalue weighted by Gasteiger charge is 2.31. The first-order valence-electron chi connectivity index (χ1n) is 10.6. The van der Waals surface area contributed by atoms with E-state index >= 15 is 0 Å². The molecule has 6 nitrogen and oxygen atoms in total. The van der Waals surface area contributed by atoms with Gasteiger partial charge in [-0.05, 0) is 51.5 Å². The summed E-state index contributed by atoms with van der Waals surface area (Å²) in [5.41, 5.74) is 2.26. The molecule has 2 N–H and O–H groups in total. The molecule has 1 aliphatic rings. The molecule has 0 radical (unpaired) electrons. The SMILES string of the molecule is CCNC(=NCc1ccc(C)cc1OCCOCC)NCC1(SC)CCOCC1.I. The number of halogens is 1. The van der Waals surface area contributed by atoms with E-state index in [0.717, 1.165) is 56.4 Å². The van der Waals surface area contributed by atoms with Gasteiger partial charge in [0.15, 0.2) is 5.96 Å². The van der Waals surface area contributed by atoms with Gasteiger partial charge in [-0.15, -0.1) is 24.0 Å². The fraction of sp³-hybridized carbons (Fsp3) is 0.682. The number of hydrogen-bond donors (Lipinski definition) is 2. The van der Waals surface area contributed by atoms with Gasteiger partial charge >= 0.3 is 0 Å². The maximum absolute atomic E-state index is 5.95. The molecule has 0 amide bonds. The molecule has 1 saturated heterocycles. The van der Waals surface area contributed by atoms with Gasteiger partial charge in [-0.1, -0.05) is 12.1 Å². The Morgan fingerprint density at radius 1 is 1.20 bits per heavy atom. The molecule has 1 aliphatic heterocycles. The van der Waals surface area contributed by atoms with Crippen molar-refractivity contribution in [1.82, 2.24) is 10.6 Å². The van der Waals surface area contributed by atoms with E-state index in [9.17, 15) is 0 Å². The van der Waals surface area contributed by atoms with Crippen molar-refractivity contribution in [2.45, 2.75) is 44.9 Å². The number of nitrogens with one attached hydrogen (secondary N) is 2. The molecule has 1 fully saturated rings. The summed E-state index contributed by atoms with van der Waals surface area (Å²) in [6.45, 7) is 11.9. The summed E-state index contributed by atoms with van der Waals surface area (Å²) in [5, 5.41) is 6.91. The van der Waals surface area contributed by atoms with E-state index in [4.69, 9.17) is 19.2 Å². The molecule has 0 bridgehead atoms. The Morgan fingerprint density at radius 2 is 1.97 bits per heavy atom. The van der Waals surface area contributed by atoms with Crippen LogP contribution in [0, 0.1) is 6.92 Å². The summed E-state index contributed by atoms with van der Waals surface area (Å²) in [6, 6.07) is 6.27. The van der Waals surface area contributed by atoms with Gasteiger partial charge in [0.25, 0.3) is 0 Å². The molecule has 0 spiro atoms. The molecular formula is C22H38IN3O3S. The second kappa shape index (κ2) is 15.2. The van der Waals surface area contributed by atoms with E-state index in [0.29, 0.717) is 26.4 Å². The fourth-order valence-corrected chi connectivity index (χ4v) is 4.02. The summed E-state index contributed by atoms with van der Waals surface area (Å²) in [7, 11) is 0. The molecule has 0 unspecified atom stereocenters. The summed E-state index contributed by atoms with van der Waals surface area (Å²) in [4.78, 5) is 4.81. The van der Waals surface area contributed by atoms with E-state index in [1.807, 2.05) is 18.7 Å². The van der Waals surface area contributed by atoms with Crippen molar-refractivity contribution in [2.24, 2.45) is 4.99 Å². The molecule has 172 valence electrons. The minimum Gasteiger partial charge on any atom is -0.491 e. The predicted molar refractivity (Wildman–Crippen MR) is 138 cm³/mol. The first kappa shape index (κ1) is 27.3. The van der Waals surface area contributed by atoms with Crippen LogP contribution in [0.15, 0.2) is 23.2 Å². The molecule has 1 heterocycles. The lowest BCUT2D eigenvalue weighted by molar-refractivity contribution is 0.0783. The average molecular weight is 552 g/mol. The number of thioether (sulfide) groups is 1. The number of aliphatic imine (C=N–C) groups is 1. The number of aryl methyl sites for hydroxylation is 1. The third kappa shape index (κ3) is 9.20. The monoisotopic (exact) mass is 551 g/mol. The largest absolute Gasteiger partial charge is 0.491 e. The van der Waals surface area contributed by atoms with Gasteiger partial charge in [0.1, 0.15) is 12.4 Å². The van der Waals surface area contributed by atoms with Crippen LogP contribution in [0.1, 0.15) is 37.8 Å². The van der Waals surface area contributed by atoms with Crippen LogP contribution in [0.25, 0.3) is 0 Å². The topological polar surface area (TPSA) is 64.1 Å². The number of guanidine groups is 1. The molecule has 1 aromatic rings. The fourth-order valence-electron chi connectivity index (χ4n) is 3.23. The summed E-state index contributed by atoms with van der Waals surface area (Å²) in [5.74, 6) is 1.72. The standard InChI is InChI=1S/C22H37N3O3S.HI/c1-5-23-21(25-17-22(29-4)9-11-27-12-10-22)24-16-19-8-7-18(3)15-20(19)28-14-13-26-6-2;/h7-8,15H,5-6,9-14,16-17H2,1-4H3,(H2,23,24,25);1H. The minimum absolute atomic E-state index is 0. The zero-order valence-corrected chi connectivity index (χ0v) is 21.9. The van der Waals surface area contributed by atoms with Crippen molar-refractivity contribution in [3.05, 3.63) is 29.3 Å². The van der Waals surface area contributed by atoms with Gasteiger partial charge in [0, 0.05) is 43.2 Å². The maximum Gasteiger partial charge on any atom is 0.191 e. The lowest BCUT2D eigenvalue weighted by Gasteiger charge is -2.36. The lowest BCUT2D eigenvalue weighted by atomic mass is 9.99. The van der Waals surface area contributed by atoms with Gasteiger partial charge < -0.3 is 24.8 Å². The summed E-state index contributed by atoms with van der Waals surface area (Å²) < 4.78 is 17.1. The van der Waals surface area contributed by atoms with Crippen LogP contribution in [0.5, 0.6) is 5.75 Å². The second-order valence-electron chi connectivity index (χ2n) is 7.20. The molecule has 8 heteroatoms. The number of benzene rings is 1. The van der Waals surface area contributed by atoms with Crippen LogP contribution in [-0.2, 0) is 16.0 Å². The smallest absolute Gasteiger partial charge is 0.191 e. The Bertz CT molecular complexity index is 640. The summed E-state index contributed by atoms with van der Waals surface area (Å²) in [6.07, 6.45) is 4.32. The molecule has 0 aromatic heterocycles. The second-order valence-corrected chi connectivity index (χ2v) is 8.48. The van der Waals surface area contributed by atoms with Crippen LogP contribution >= 0.6 is 35.7 Å². The number of ether oxygens (including phenoxy) is 3. The Hall–Kier alpha value is -0.710. The van der Waals surface area contributed by atoms with E-state index < -0.39 is 0 Å². The quantitative estimate of drug-likeness (QED) is 0.188. The highest BCUT2D eigenvalue weighted by Crippen LogP contribution is 2.33. The van der Waals surface area contributed by atoms with Crippen LogP contribution in [0.3, 0.4) is 0 Å². The minimum atomic E-state index is 0. The number of nitrogens with zero attached hydrogens (tertiary/aromatic N) is 1. The molecule has 2 rings (SSSR count). The molecule has 0 aliphatic carbocycles. The molecular weight excluding hydrogens is 513 g/mol. The summed E-state index contributed by atoms with van der Waals surface area (Å²) >= 11 is 1.93. The lowest BCUT2D eigenvalue weighted by Crippen LogP contribution is -2.47. The van der Waals surface area contributed by atoms with Crippen molar-refractivity contribution >= 4 is 41.7 Å². The average Bonchev–Trinajstić information content (AvgIpc) is 2.75. The highest BCUT2D eigenvalue weighted by molar-refractivity contribution is 14.0. The van der Waals surface area contributed by atoms with E-state index in [1.165, 1.54) is 5.56 Å². The normalized spacial score (nSPS) is 15.9. The van der Waals surface area contributed by atoms with Crippen LogP contribution in [0.2, 0.25) is 0 Å². The van der Waals surface area contributed by atoms with Crippen molar-refractivity contribution in [3.8, 4) is 5.75 Å². The predicted octanol–water partition coefficient (Wildman–Crippen LogP) is 4.00. The Labute approximate surface area is 203 Å². The Balaban J connectivity index is 0.00000450. The maximum atomic E-state index is 5.95. The van der Waals surface area contributed by atoms with Crippen LogP contribution in [0.4, 0.5) is 0 Å². The first-order valence-corrected chi connectivity index (χ1v) is 11.8. The van der Waals surface area contributed by atoms with Gasteiger partial charge in [-0.2, -0.15) is 11.8 Å². The zero-order valence-electron chi connectivity index (χ0n) is 18.8. The van der Waals surface area contributed by atoms with Crippen molar-refractivity contribution in [3.63, 3.8) is 0 Å². The van der Waals surface area contributed by atoms with Gasteiger partial charge in [0.2, 0.25) is 0 Å². The number of rotatable bonds is 11.